The zero-order chi connectivity index (χ0) is 19.5. The molecule has 4 heteroatoms. The molecular formula is C23H30O4. The molecule has 4 rings (SSSR count). The van der Waals surface area contributed by atoms with Crippen molar-refractivity contribution in [3.05, 3.63) is 23.3 Å². The molecule has 0 aliphatic heterocycles. The Kier molecular flexibility index (Phi) is 4.44. The maximum atomic E-state index is 12.7. The first-order valence-corrected chi connectivity index (χ1v) is 10.4. The van der Waals surface area contributed by atoms with Crippen LogP contribution in [0.3, 0.4) is 0 Å². The molecule has 3 saturated carbocycles. The first-order valence-electron chi connectivity index (χ1n) is 10.4. The summed E-state index contributed by atoms with van der Waals surface area (Å²) in [5.74, 6) is 1.67. The van der Waals surface area contributed by atoms with Crippen molar-refractivity contribution >= 4 is 17.5 Å². The molecule has 4 aliphatic carbocycles. The van der Waals surface area contributed by atoms with Crippen LogP contribution in [0.4, 0.5) is 0 Å². The fraction of sp³-hybridized carbons (Fsp3) is 0.696. The van der Waals surface area contributed by atoms with E-state index >= 15 is 0 Å². The van der Waals surface area contributed by atoms with Crippen LogP contribution in [0.5, 0.6) is 0 Å². The molecule has 7 unspecified atom stereocenters. The lowest BCUT2D eigenvalue weighted by atomic mass is 9.48. The zero-order valence-electron chi connectivity index (χ0n) is 16.8. The highest BCUT2D eigenvalue weighted by molar-refractivity contribution is 6.02. The van der Waals surface area contributed by atoms with Gasteiger partial charge < -0.3 is 4.74 Å². The number of Topliss-reactive ketones (excluding diaryl/α,β-unsaturated/α-hetero) is 1. The van der Waals surface area contributed by atoms with Crippen molar-refractivity contribution in [3.63, 3.8) is 0 Å². The van der Waals surface area contributed by atoms with E-state index in [4.69, 9.17) is 4.74 Å². The second kappa shape index (κ2) is 6.42. The lowest BCUT2D eigenvalue weighted by Crippen LogP contribution is -2.49. The van der Waals surface area contributed by atoms with Gasteiger partial charge in [-0.25, -0.2) is 0 Å². The molecule has 0 spiro atoms. The molecule has 7 atom stereocenters. The molecule has 0 radical (unpaired) electrons. The fourth-order valence-corrected chi connectivity index (χ4v) is 6.95. The van der Waals surface area contributed by atoms with Gasteiger partial charge in [0.25, 0.3) is 0 Å². The second-order valence-electron chi connectivity index (χ2n) is 9.32. The van der Waals surface area contributed by atoms with Crippen molar-refractivity contribution < 1.29 is 19.1 Å². The van der Waals surface area contributed by atoms with Gasteiger partial charge in [0, 0.05) is 30.6 Å². The topological polar surface area (TPSA) is 60.4 Å². The summed E-state index contributed by atoms with van der Waals surface area (Å²) in [6, 6.07) is 0. The number of carbonyl (C=O) groups excluding carboxylic acids is 3. The largest absolute Gasteiger partial charge is 0.463 e. The Labute approximate surface area is 161 Å². The van der Waals surface area contributed by atoms with E-state index < -0.39 is 0 Å². The molecule has 3 fully saturated rings. The van der Waals surface area contributed by atoms with Crippen LogP contribution in [0.1, 0.15) is 59.8 Å². The van der Waals surface area contributed by atoms with Crippen LogP contribution in [0, 0.1) is 35.0 Å². The third kappa shape index (κ3) is 2.75. The van der Waals surface area contributed by atoms with Gasteiger partial charge in [0.1, 0.15) is 11.9 Å². The molecule has 146 valence electrons. The second-order valence-corrected chi connectivity index (χ2v) is 9.32. The third-order valence-electron chi connectivity index (χ3n) is 8.21. The van der Waals surface area contributed by atoms with Crippen LogP contribution in [0.25, 0.3) is 0 Å². The van der Waals surface area contributed by atoms with Gasteiger partial charge in [0.05, 0.1) is 0 Å². The number of carbonyl (C=O) groups is 3. The summed E-state index contributed by atoms with van der Waals surface area (Å²) in [5, 5.41) is 0. The van der Waals surface area contributed by atoms with Gasteiger partial charge in [-0.3, -0.25) is 14.4 Å². The van der Waals surface area contributed by atoms with E-state index in [1.54, 1.807) is 6.08 Å². The van der Waals surface area contributed by atoms with Gasteiger partial charge in [-0.15, -0.1) is 0 Å². The number of allylic oxidation sites excluding steroid dienone is 4. The van der Waals surface area contributed by atoms with E-state index in [-0.39, 0.29) is 35.1 Å². The number of hydrogen-bond acceptors (Lipinski definition) is 4. The number of hydrogen-bond donors (Lipinski definition) is 0. The molecular weight excluding hydrogens is 340 g/mol. The Bertz CT molecular complexity index is 760. The van der Waals surface area contributed by atoms with Crippen molar-refractivity contribution in [1.82, 2.24) is 0 Å². The van der Waals surface area contributed by atoms with Crippen LogP contribution in [0.2, 0.25) is 0 Å². The monoisotopic (exact) mass is 370 g/mol. The summed E-state index contributed by atoms with van der Waals surface area (Å²) in [6.45, 7) is 7.79. The summed E-state index contributed by atoms with van der Waals surface area (Å²) in [7, 11) is 0. The number of esters is 1. The minimum Gasteiger partial charge on any atom is -0.463 e. The van der Waals surface area contributed by atoms with Crippen molar-refractivity contribution in [1.29, 1.82) is 0 Å². The van der Waals surface area contributed by atoms with E-state index in [2.05, 4.69) is 13.8 Å². The Hall–Kier alpha value is -1.71. The number of ketones is 2. The number of ether oxygens (including phenoxy) is 1. The van der Waals surface area contributed by atoms with E-state index in [1.165, 1.54) is 18.1 Å². The van der Waals surface area contributed by atoms with E-state index in [9.17, 15) is 14.4 Å². The van der Waals surface area contributed by atoms with Crippen LogP contribution in [0.15, 0.2) is 23.3 Å². The normalized spacial score (nSPS) is 41.7. The van der Waals surface area contributed by atoms with E-state index in [0.717, 1.165) is 25.7 Å². The maximum absolute atomic E-state index is 12.7. The summed E-state index contributed by atoms with van der Waals surface area (Å²) < 4.78 is 5.52. The predicted molar refractivity (Wildman–Crippen MR) is 102 cm³/mol. The van der Waals surface area contributed by atoms with E-state index in [1.807, 2.05) is 13.0 Å². The molecule has 4 nitrogen and oxygen atoms in total. The molecule has 0 N–H and O–H groups in total. The minimum absolute atomic E-state index is 0.0668. The molecule has 4 aliphatic rings. The Morgan fingerprint density at radius 2 is 1.96 bits per heavy atom. The molecule has 0 amide bonds. The molecule has 0 bridgehead atoms. The molecule has 0 aromatic heterocycles. The average molecular weight is 370 g/mol. The van der Waals surface area contributed by atoms with Crippen molar-refractivity contribution in [2.24, 2.45) is 35.0 Å². The van der Waals surface area contributed by atoms with Crippen LogP contribution >= 0.6 is 0 Å². The van der Waals surface area contributed by atoms with Crippen molar-refractivity contribution in [2.45, 2.75) is 65.9 Å². The zero-order valence-corrected chi connectivity index (χ0v) is 16.8. The highest BCUT2D eigenvalue weighted by Crippen LogP contribution is 2.63. The Balaban J connectivity index is 1.68. The Morgan fingerprint density at radius 3 is 2.67 bits per heavy atom. The first kappa shape index (κ1) is 18.6. The summed E-state index contributed by atoms with van der Waals surface area (Å²) in [4.78, 5) is 36.3. The van der Waals surface area contributed by atoms with Crippen molar-refractivity contribution in [2.75, 3.05) is 0 Å². The summed E-state index contributed by atoms with van der Waals surface area (Å²) >= 11 is 0. The van der Waals surface area contributed by atoms with E-state index in [0.29, 0.717) is 30.0 Å². The van der Waals surface area contributed by atoms with Gasteiger partial charge in [0.15, 0.2) is 5.78 Å². The highest BCUT2D eigenvalue weighted by Gasteiger charge is 2.58. The third-order valence-corrected chi connectivity index (χ3v) is 8.21. The predicted octanol–water partition coefficient (Wildman–Crippen LogP) is 4.04. The lowest BCUT2D eigenvalue weighted by molar-refractivity contribution is -0.150. The molecule has 27 heavy (non-hydrogen) atoms. The van der Waals surface area contributed by atoms with Gasteiger partial charge in [-0.1, -0.05) is 18.1 Å². The number of rotatable bonds is 2. The van der Waals surface area contributed by atoms with Crippen LogP contribution in [-0.4, -0.2) is 23.6 Å². The van der Waals surface area contributed by atoms with Gasteiger partial charge in [-0.05, 0) is 69.4 Å². The van der Waals surface area contributed by atoms with Gasteiger partial charge >= 0.3 is 5.97 Å². The SMILES string of the molecule is CC(=O)OC(C)C1CC(=O)C2CCC3C(CCC4=CC(=O)C=C(C)C43C)C21. The molecule has 0 aromatic rings. The maximum Gasteiger partial charge on any atom is 0.302 e. The highest BCUT2D eigenvalue weighted by atomic mass is 16.5. The van der Waals surface area contributed by atoms with Gasteiger partial charge in [0.2, 0.25) is 0 Å². The molecule has 0 heterocycles. The lowest BCUT2D eigenvalue weighted by Gasteiger charge is -2.55. The standard InChI is InChI=1S/C23H30O4/c1-12-9-16(25)10-15-5-6-17-20(23(12,15)4)8-7-18-21(26)11-19(22(17)18)13(2)27-14(3)24/h9-10,13,17-20,22H,5-8,11H2,1-4H3. The first-order chi connectivity index (χ1) is 12.7. The van der Waals surface area contributed by atoms with Crippen LogP contribution < -0.4 is 0 Å². The quantitative estimate of drug-likeness (QED) is 0.688. The van der Waals surface area contributed by atoms with Gasteiger partial charge in [-0.2, -0.15) is 0 Å². The summed E-state index contributed by atoms with van der Waals surface area (Å²) in [6.07, 6.45) is 7.92. The minimum atomic E-state index is -0.267. The smallest absolute Gasteiger partial charge is 0.302 e. The fourth-order valence-electron chi connectivity index (χ4n) is 6.95. The van der Waals surface area contributed by atoms with Crippen molar-refractivity contribution in [3.8, 4) is 0 Å². The number of fused-ring (bicyclic) bond motifs is 5. The van der Waals surface area contributed by atoms with Crippen LogP contribution in [-0.2, 0) is 19.1 Å². The Morgan fingerprint density at radius 1 is 1.22 bits per heavy atom. The molecule has 0 saturated heterocycles. The molecule has 0 aromatic carbocycles. The summed E-state index contributed by atoms with van der Waals surface area (Å²) in [5.41, 5.74) is 2.39. The average Bonchev–Trinajstić information content (AvgIpc) is 2.93.